The molecule has 0 radical (unpaired) electrons. The highest BCUT2D eigenvalue weighted by Gasteiger charge is 1.76. The van der Waals surface area contributed by atoms with Gasteiger partial charge in [-0.2, -0.15) is 5.10 Å². The number of hydrogen-bond acceptors (Lipinski definition) is 3. The van der Waals surface area contributed by atoms with Gasteiger partial charge >= 0.3 is 0 Å². The normalized spacial score (nSPS) is 8.00. The molecular weight excluding hydrogens is 90.1 g/mol. The van der Waals surface area contributed by atoms with Gasteiger partial charge in [0.15, 0.2) is 0 Å². The van der Waals surface area contributed by atoms with E-state index in [0.717, 1.165) is 5.71 Å². The average molecular weight is 101 g/mol. The van der Waals surface area contributed by atoms with Crippen molar-refractivity contribution in [3.8, 4) is 0 Å². The van der Waals surface area contributed by atoms with Gasteiger partial charge in [-0.3, -0.25) is 0 Å². The van der Waals surface area contributed by atoms with E-state index in [2.05, 4.69) is 5.10 Å². The molecule has 0 rings (SSSR count). The summed E-state index contributed by atoms with van der Waals surface area (Å²) in [5, 5.41) is 5.09. The Hall–Kier alpha value is -0.570. The number of nitrogens with two attached hydrogens (primary N) is 1. The van der Waals surface area contributed by atoms with Crippen LogP contribution in [-0.4, -0.2) is 17.9 Å². The van der Waals surface area contributed by atoms with Gasteiger partial charge in [0.1, 0.15) is 0 Å². The van der Waals surface area contributed by atoms with E-state index in [4.69, 9.17) is 5.84 Å². The lowest BCUT2D eigenvalue weighted by molar-refractivity contribution is 0.371. The Morgan fingerprint density at radius 3 is 2.00 bits per heavy atom. The molecule has 42 valence electrons. The van der Waals surface area contributed by atoms with Crippen molar-refractivity contribution < 1.29 is 0 Å². The van der Waals surface area contributed by atoms with Crippen LogP contribution in [0.5, 0.6) is 0 Å². The van der Waals surface area contributed by atoms with Crippen LogP contribution >= 0.6 is 0 Å². The maximum Gasteiger partial charge on any atom is 0.0419 e. The van der Waals surface area contributed by atoms with Crippen LogP contribution in [0.25, 0.3) is 0 Å². The second-order valence-corrected chi connectivity index (χ2v) is 1.62. The van der Waals surface area contributed by atoms with Gasteiger partial charge in [0, 0.05) is 12.8 Å². The first-order valence-corrected chi connectivity index (χ1v) is 2.13. The molecule has 0 fully saturated rings. The summed E-state index contributed by atoms with van der Waals surface area (Å²) < 4.78 is 0. The molecule has 0 aliphatic carbocycles. The third-order valence-corrected chi connectivity index (χ3v) is 0.358. The molecule has 0 spiro atoms. The van der Waals surface area contributed by atoms with Crippen molar-refractivity contribution in [3.63, 3.8) is 0 Å². The van der Waals surface area contributed by atoms with Crippen LogP contribution in [0.1, 0.15) is 13.8 Å². The minimum Gasteiger partial charge on any atom is -0.236 e. The molecule has 0 atom stereocenters. The topological polar surface area (TPSA) is 41.6 Å². The fourth-order valence-corrected chi connectivity index (χ4v) is 0.315. The van der Waals surface area contributed by atoms with Crippen molar-refractivity contribution in [1.29, 1.82) is 0 Å². The van der Waals surface area contributed by atoms with Crippen molar-refractivity contribution in [1.82, 2.24) is 5.12 Å². The zero-order valence-corrected chi connectivity index (χ0v) is 4.97. The summed E-state index contributed by atoms with van der Waals surface area (Å²) in [6.45, 7) is 3.78. The Kier molecular flexibility index (Phi) is 2.37. The summed E-state index contributed by atoms with van der Waals surface area (Å²) in [5.41, 5.74) is 0.963. The van der Waals surface area contributed by atoms with E-state index in [0.29, 0.717) is 0 Å². The number of hydrogen-bond donors (Lipinski definition) is 1. The van der Waals surface area contributed by atoms with Gasteiger partial charge in [0.2, 0.25) is 0 Å². The minimum absolute atomic E-state index is 0.963. The van der Waals surface area contributed by atoms with Gasteiger partial charge in [-0.1, -0.05) is 0 Å². The standard InChI is InChI=1S/C4H11N3/c1-4(2)6-7(3)5/h5H2,1-3H3. The first-order valence-electron chi connectivity index (χ1n) is 2.13. The predicted molar refractivity (Wildman–Crippen MR) is 30.7 cm³/mol. The summed E-state index contributed by atoms with van der Waals surface area (Å²) in [6.07, 6.45) is 0. The van der Waals surface area contributed by atoms with Crippen LogP contribution in [0, 0.1) is 0 Å². The van der Waals surface area contributed by atoms with Gasteiger partial charge in [0.25, 0.3) is 0 Å². The molecule has 0 unspecified atom stereocenters. The zero-order chi connectivity index (χ0) is 5.86. The quantitative estimate of drug-likeness (QED) is 0.291. The highest BCUT2D eigenvalue weighted by atomic mass is 15.6. The average Bonchev–Trinajstić information content (AvgIpc) is 1.27. The van der Waals surface area contributed by atoms with Crippen molar-refractivity contribution in [2.45, 2.75) is 13.8 Å². The molecule has 3 heteroatoms. The number of hydrazine groups is 1. The highest BCUT2D eigenvalue weighted by Crippen LogP contribution is 1.73. The second-order valence-electron chi connectivity index (χ2n) is 1.62. The van der Waals surface area contributed by atoms with E-state index >= 15 is 0 Å². The zero-order valence-electron chi connectivity index (χ0n) is 4.97. The molecule has 3 nitrogen and oxygen atoms in total. The first-order chi connectivity index (χ1) is 3.13. The highest BCUT2D eigenvalue weighted by molar-refractivity contribution is 5.78. The largest absolute Gasteiger partial charge is 0.236 e. The van der Waals surface area contributed by atoms with Gasteiger partial charge in [-0.15, -0.1) is 0 Å². The predicted octanol–water partition coefficient (Wildman–Crippen LogP) is 0.188. The first kappa shape index (κ1) is 6.43. The third kappa shape index (κ3) is 5.43. The second kappa shape index (κ2) is 2.58. The lowest BCUT2D eigenvalue weighted by atomic mass is 10.5. The maximum atomic E-state index is 5.14. The van der Waals surface area contributed by atoms with E-state index in [1.165, 1.54) is 5.12 Å². The van der Waals surface area contributed by atoms with E-state index in [1.807, 2.05) is 13.8 Å². The summed E-state index contributed by atoms with van der Waals surface area (Å²) in [4.78, 5) is 0. The lowest BCUT2D eigenvalue weighted by Gasteiger charge is -2.01. The monoisotopic (exact) mass is 101 g/mol. The van der Waals surface area contributed by atoms with Crippen molar-refractivity contribution >= 4 is 5.71 Å². The summed E-state index contributed by atoms with van der Waals surface area (Å²) in [6, 6.07) is 0. The molecule has 7 heavy (non-hydrogen) atoms. The Balaban J connectivity index is 3.45. The van der Waals surface area contributed by atoms with Crippen molar-refractivity contribution in [3.05, 3.63) is 0 Å². The maximum absolute atomic E-state index is 5.14. The lowest BCUT2D eigenvalue weighted by Crippen LogP contribution is -2.19. The molecule has 0 aliphatic heterocycles. The number of nitrogens with zero attached hydrogens (tertiary/aromatic N) is 2. The van der Waals surface area contributed by atoms with Crippen LogP contribution in [0.4, 0.5) is 0 Å². The molecule has 0 aliphatic rings. The third-order valence-electron chi connectivity index (χ3n) is 0.358. The Labute approximate surface area is 43.8 Å². The Morgan fingerprint density at radius 1 is 1.57 bits per heavy atom. The fraction of sp³-hybridized carbons (Fsp3) is 0.750. The van der Waals surface area contributed by atoms with Crippen molar-refractivity contribution in [2.75, 3.05) is 7.05 Å². The van der Waals surface area contributed by atoms with Crippen LogP contribution in [-0.2, 0) is 0 Å². The fourth-order valence-electron chi connectivity index (χ4n) is 0.315. The summed E-state index contributed by atoms with van der Waals surface area (Å²) in [5.74, 6) is 5.14. The summed E-state index contributed by atoms with van der Waals surface area (Å²) in [7, 11) is 1.69. The Bertz CT molecular complexity index is 71.0. The number of hydrazone groups is 1. The van der Waals surface area contributed by atoms with Gasteiger partial charge < -0.3 is 0 Å². The van der Waals surface area contributed by atoms with Gasteiger partial charge in [-0.25, -0.2) is 11.0 Å². The summed E-state index contributed by atoms with van der Waals surface area (Å²) >= 11 is 0. The van der Waals surface area contributed by atoms with Gasteiger partial charge in [0.05, 0.1) is 0 Å². The molecule has 2 N–H and O–H groups in total. The van der Waals surface area contributed by atoms with E-state index in [1.54, 1.807) is 7.05 Å². The van der Waals surface area contributed by atoms with E-state index in [9.17, 15) is 0 Å². The number of rotatable bonds is 1. The van der Waals surface area contributed by atoms with Crippen LogP contribution in [0.2, 0.25) is 0 Å². The smallest absolute Gasteiger partial charge is 0.0419 e. The molecule has 0 aromatic rings. The van der Waals surface area contributed by atoms with E-state index < -0.39 is 0 Å². The molecule has 0 saturated heterocycles. The molecular formula is C4H11N3. The minimum atomic E-state index is 0.963. The molecule has 0 heterocycles. The molecule has 0 aromatic carbocycles. The molecule has 0 saturated carbocycles. The molecule has 0 aromatic heterocycles. The van der Waals surface area contributed by atoms with Gasteiger partial charge in [-0.05, 0) is 13.8 Å². The van der Waals surface area contributed by atoms with Crippen LogP contribution in [0.3, 0.4) is 0 Å². The van der Waals surface area contributed by atoms with Crippen LogP contribution in [0.15, 0.2) is 5.10 Å². The van der Waals surface area contributed by atoms with E-state index in [-0.39, 0.29) is 0 Å². The SMILES string of the molecule is CC(C)=NN(C)N. The van der Waals surface area contributed by atoms with Crippen molar-refractivity contribution in [2.24, 2.45) is 10.9 Å². The van der Waals surface area contributed by atoms with Crippen LogP contribution < -0.4 is 5.84 Å². The Morgan fingerprint density at radius 2 is 2.00 bits per heavy atom. The molecule has 0 amide bonds. The molecule has 0 bridgehead atoms.